The summed E-state index contributed by atoms with van der Waals surface area (Å²) in [5, 5.41) is 4.55. The van der Waals surface area contributed by atoms with Crippen LogP contribution in [-0.4, -0.2) is 39.0 Å². The van der Waals surface area contributed by atoms with Gasteiger partial charge in [0.05, 0.1) is 0 Å². The van der Waals surface area contributed by atoms with Gasteiger partial charge in [0.15, 0.2) is 0 Å². The van der Waals surface area contributed by atoms with Crippen LogP contribution in [0.3, 0.4) is 0 Å². The van der Waals surface area contributed by atoms with E-state index in [1.165, 1.54) is 31.5 Å². The molecule has 0 aromatic heterocycles. The predicted octanol–water partition coefficient (Wildman–Crippen LogP) is 6.65. The molecular weight excluding hydrogens is 463 g/mol. The van der Waals surface area contributed by atoms with Crippen molar-refractivity contribution in [1.29, 1.82) is 0 Å². The molecule has 2 nitrogen and oxygen atoms in total. The SMILES string of the molecule is C[Si](C)(C1CCC2C(C#Cc3ccccc3)=CC=CC21)N1CC[N-]CC1.[CH3-].[Cl][Ti][Cl]. The number of halogens is 2. The summed E-state index contributed by atoms with van der Waals surface area (Å²) in [7, 11) is 8.33. The second-order valence-electron chi connectivity index (χ2n) is 8.37. The van der Waals surface area contributed by atoms with Gasteiger partial charge in [0.1, 0.15) is 8.24 Å². The zero-order chi connectivity index (χ0) is 20.7. The predicted molar refractivity (Wildman–Crippen MR) is 131 cm³/mol. The summed E-state index contributed by atoms with van der Waals surface area (Å²) in [6.45, 7) is 9.59. The summed E-state index contributed by atoms with van der Waals surface area (Å²) >= 11 is -0.556. The average Bonchev–Trinajstić information content (AvgIpc) is 3.20. The fourth-order valence-electron chi connectivity index (χ4n) is 5.11. The standard InChI is InChI=1S/C23H29N2Si.CH3.2ClH.Ti/c1-26(2,25-17-15-24-16-18-25)23-14-13-21-20(9-6-10-22(21)23)12-11-19-7-4-3-5-8-19;;;;/h3-10,21-23H,13-18H2,1-2H3;1H3;2*1H;/q2*-1;;;+2/p-2. The van der Waals surface area contributed by atoms with Gasteiger partial charge < -0.3 is 17.3 Å². The van der Waals surface area contributed by atoms with Crippen molar-refractivity contribution in [3.05, 3.63) is 72.4 Å². The number of hydrogen-bond acceptors (Lipinski definition) is 1. The first-order valence-electron chi connectivity index (χ1n) is 10.4. The Morgan fingerprint density at radius 2 is 1.73 bits per heavy atom. The summed E-state index contributed by atoms with van der Waals surface area (Å²) in [5.41, 5.74) is 3.30. The molecular formula is C24H32Cl2N2SiTi-2. The quantitative estimate of drug-likeness (QED) is 0.255. The number of fused-ring (bicyclic) bond motifs is 1. The third kappa shape index (κ3) is 6.36. The zero-order valence-electron chi connectivity index (χ0n) is 18.2. The Kier molecular flexibility index (Phi) is 10.9. The van der Waals surface area contributed by atoms with Crippen LogP contribution in [0.5, 0.6) is 0 Å². The summed E-state index contributed by atoms with van der Waals surface area (Å²) < 4.78 is 2.81. The minimum atomic E-state index is -1.45. The molecule has 2 fully saturated rings. The molecule has 2 aliphatic carbocycles. The van der Waals surface area contributed by atoms with E-state index in [0.717, 1.165) is 24.2 Å². The number of allylic oxidation sites excluding steroid dienone is 4. The van der Waals surface area contributed by atoms with Crippen LogP contribution in [0.2, 0.25) is 18.6 Å². The molecule has 1 aliphatic heterocycles. The average molecular weight is 495 g/mol. The van der Waals surface area contributed by atoms with Crippen LogP contribution >= 0.6 is 18.6 Å². The summed E-state index contributed by atoms with van der Waals surface area (Å²) in [5.74, 6) is 8.20. The molecule has 0 spiro atoms. The topological polar surface area (TPSA) is 17.3 Å². The second kappa shape index (κ2) is 12.7. The van der Waals surface area contributed by atoms with Crippen molar-refractivity contribution in [3.63, 3.8) is 0 Å². The van der Waals surface area contributed by atoms with E-state index in [4.69, 9.17) is 18.6 Å². The Bertz CT molecular complexity index is 779. The third-order valence-electron chi connectivity index (χ3n) is 6.63. The van der Waals surface area contributed by atoms with E-state index in [1.54, 1.807) is 0 Å². The van der Waals surface area contributed by atoms with Gasteiger partial charge in [0.25, 0.3) is 0 Å². The van der Waals surface area contributed by atoms with E-state index in [9.17, 15) is 0 Å². The monoisotopic (exact) mass is 494 g/mol. The number of rotatable bonds is 2. The first-order valence-corrected chi connectivity index (χ1v) is 17.7. The summed E-state index contributed by atoms with van der Waals surface area (Å²) in [6, 6.07) is 10.4. The molecule has 3 unspecified atom stereocenters. The van der Waals surface area contributed by atoms with Crippen molar-refractivity contribution in [2.75, 3.05) is 26.2 Å². The van der Waals surface area contributed by atoms with E-state index >= 15 is 0 Å². The van der Waals surface area contributed by atoms with Crippen LogP contribution in [0.4, 0.5) is 0 Å². The molecule has 1 aromatic carbocycles. The van der Waals surface area contributed by atoms with Crippen LogP contribution in [0.15, 0.2) is 54.1 Å². The summed E-state index contributed by atoms with van der Waals surface area (Å²) in [4.78, 5) is 0. The van der Waals surface area contributed by atoms with Crippen molar-refractivity contribution in [1.82, 2.24) is 4.57 Å². The Morgan fingerprint density at radius 3 is 2.40 bits per heavy atom. The molecule has 1 heterocycles. The molecule has 30 heavy (non-hydrogen) atoms. The van der Waals surface area contributed by atoms with Gasteiger partial charge in [0.2, 0.25) is 0 Å². The van der Waals surface area contributed by atoms with E-state index in [0.29, 0.717) is 11.8 Å². The fraction of sp³-hybridized carbons (Fsp3) is 0.458. The number of nitrogens with zero attached hydrogens (tertiary/aromatic N) is 2. The van der Waals surface area contributed by atoms with Crippen LogP contribution in [0.25, 0.3) is 5.32 Å². The van der Waals surface area contributed by atoms with Crippen LogP contribution in [-0.2, 0) is 17.0 Å². The van der Waals surface area contributed by atoms with E-state index in [1.807, 2.05) is 6.07 Å². The van der Waals surface area contributed by atoms with E-state index < -0.39 is 25.3 Å². The van der Waals surface area contributed by atoms with Gasteiger partial charge in [-0.3, -0.25) is 0 Å². The molecule has 1 saturated carbocycles. The Labute approximate surface area is 201 Å². The van der Waals surface area contributed by atoms with E-state index in [2.05, 4.69) is 77.3 Å². The maximum atomic E-state index is 4.89. The number of hydrogen-bond donors (Lipinski definition) is 0. The third-order valence-corrected chi connectivity index (χ3v) is 11.2. The maximum absolute atomic E-state index is 4.89. The fourth-order valence-corrected chi connectivity index (χ4v) is 9.09. The van der Waals surface area contributed by atoms with Gasteiger partial charge in [-0.25, -0.2) is 0 Å². The molecule has 6 heteroatoms. The van der Waals surface area contributed by atoms with Crippen molar-refractivity contribution >= 4 is 26.8 Å². The molecule has 3 atom stereocenters. The molecule has 3 aliphatic rings. The molecule has 0 bridgehead atoms. The van der Waals surface area contributed by atoms with Gasteiger partial charge in [-0.15, -0.1) is 13.1 Å². The molecule has 162 valence electrons. The second-order valence-corrected chi connectivity index (χ2v) is 15.6. The zero-order valence-corrected chi connectivity index (χ0v) is 22.3. The van der Waals surface area contributed by atoms with Gasteiger partial charge in [-0.1, -0.05) is 67.8 Å². The Morgan fingerprint density at radius 1 is 1.07 bits per heavy atom. The van der Waals surface area contributed by atoms with Crippen LogP contribution in [0.1, 0.15) is 18.4 Å². The molecule has 1 aromatic rings. The van der Waals surface area contributed by atoms with Crippen LogP contribution in [0, 0.1) is 31.1 Å². The van der Waals surface area contributed by atoms with Crippen molar-refractivity contribution in [2.24, 2.45) is 11.8 Å². The molecule has 4 rings (SSSR count). The number of benzene rings is 1. The number of piperazine rings is 1. The molecule has 1 saturated heterocycles. The molecule has 0 N–H and O–H groups in total. The summed E-state index contributed by atoms with van der Waals surface area (Å²) in [6.07, 6.45) is 9.66. The van der Waals surface area contributed by atoms with E-state index in [-0.39, 0.29) is 7.43 Å². The molecule has 0 amide bonds. The first-order chi connectivity index (χ1) is 14.1. The van der Waals surface area contributed by atoms with Gasteiger partial charge in [0, 0.05) is 11.1 Å². The van der Waals surface area contributed by atoms with Crippen molar-refractivity contribution < 1.29 is 17.0 Å². The van der Waals surface area contributed by atoms with Crippen molar-refractivity contribution in [3.8, 4) is 11.8 Å². The Hall–Kier alpha value is -0.309. The van der Waals surface area contributed by atoms with Gasteiger partial charge in [-0.05, 0) is 49.0 Å². The van der Waals surface area contributed by atoms with Crippen molar-refractivity contribution in [2.45, 2.75) is 31.5 Å². The molecule has 0 radical (unpaired) electrons. The normalized spacial score (nSPS) is 25.5. The van der Waals surface area contributed by atoms with Gasteiger partial charge in [-0.2, -0.15) is 0 Å². The van der Waals surface area contributed by atoms with Crippen LogP contribution < -0.4 is 0 Å². The van der Waals surface area contributed by atoms with Gasteiger partial charge >= 0.3 is 35.6 Å². The Balaban J connectivity index is 0.000000757. The minimum absolute atomic E-state index is 0. The first kappa shape index (κ1) is 25.9.